The second-order valence-corrected chi connectivity index (χ2v) is 2.57. The van der Waals surface area contributed by atoms with Crippen LogP contribution in [0.1, 0.15) is 15.9 Å². The summed E-state index contributed by atoms with van der Waals surface area (Å²) in [4.78, 5) is 20.2. The van der Waals surface area contributed by atoms with E-state index < -0.39 is 22.1 Å². The van der Waals surface area contributed by atoms with E-state index in [1.165, 1.54) is 6.07 Å². The molecule has 6 nitrogen and oxygen atoms in total. The van der Waals surface area contributed by atoms with Crippen LogP contribution in [0, 0.1) is 10.1 Å². The maximum Gasteiger partial charge on any atom is 0.342 e. The summed E-state index contributed by atoms with van der Waals surface area (Å²) < 4.78 is 0. The van der Waals surface area contributed by atoms with E-state index in [9.17, 15) is 14.9 Å². The molecule has 0 saturated carbocycles. The Bertz CT molecular complexity index is 387. The minimum atomic E-state index is -1.38. The maximum atomic E-state index is 10.6. The van der Waals surface area contributed by atoms with Crippen LogP contribution in [0.3, 0.4) is 0 Å². The van der Waals surface area contributed by atoms with Crippen LogP contribution >= 0.6 is 0 Å². The third-order valence-electron chi connectivity index (χ3n) is 1.67. The van der Waals surface area contributed by atoms with Gasteiger partial charge in [0.05, 0.1) is 11.5 Å². The monoisotopic (exact) mass is 197 g/mol. The van der Waals surface area contributed by atoms with Gasteiger partial charge in [0.1, 0.15) is 5.56 Å². The van der Waals surface area contributed by atoms with Crippen molar-refractivity contribution in [2.24, 2.45) is 0 Å². The van der Waals surface area contributed by atoms with E-state index in [-0.39, 0.29) is 6.61 Å². The topological polar surface area (TPSA) is 101 Å². The van der Waals surface area contributed by atoms with E-state index in [1.807, 2.05) is 0 Å². The van der Waals surface area contributed by atoms with Gasteiger partial charge in [-0.15, -0.1) is 0 Å². The number of carboxylic acids is 1. The third kappa shape index (κ3) is 1.86. The normalized spacial score (nSPS) is 9.79. The predicted octanol–water partition coefficient (Wildman–Crippen LogP) is 0.785. The molecule has 2 N–H and O–H groups in total. The number of hydrogen-bond acceptors (Lipinski definition) is 4. The molecule has 0 amide bonds. The van der Waals surface area contributed by atoms with Gasteiger partial charge in [-0.25, -0.2) is 4.79 Å². The van der Waals surface area contributed by atoms with Gasteiger partial charge in [0.15, 0.2) is 0 Å². The number of nitro benzene ring substituents is 1. The fourth-order valence-corrected chi connectivity index (χ4v) is 1.01. The summed E-state index contributed by atoms with van der Waals surface area (Å²) in [7, 11) is 0. The highest BCUT2D eigenvalue weighted by Gasteiger charge is 2.19. The van der Waals surface area contributed by atoms with Crippen LogP contribution in [0.5, 0.6) is 0 Å². The van der Waals surface area contributed by atoms with E-state index in [4.69, 9.17) is 10.2 Å². The number of aliphatic hydroxyl groups excluding tert-OH is 1. The number of benzene rings is 1. The lowest BCUT2D eigenvalue weighted by Gasteiger charge is -2.00. The van der Waals surface area contributed by atoms with Crippen LogP contribution in [0.25, 0.3) is 0 Å². The molecule has 0 saturated heterocycles. The second kappa shape index (κ2) is 3.84. The number of aliphatic hydroxyl groups is 1. The molecule has 0 atom stereocenters. The van der Waals surface area contributed by atoms with Crippen molar-refractivity contribution in [2.75, 3.05) is 0 Å². The summed E-state index contributed by atoms with van der Waals surface area (Å²) in [5.41, 5.74) is -0.566. The molecule has 1 rings (SSSR count). The zero-order valence-electron chi connectivity index (χ0n) is 7.01. The minimum absolute atomic E-state index is 0.327. The Morgan fingerprint density at radius 3 is 2.57 bits per heavy atom. The lowest BCUT2D eigenvalue weighted by Crippen LogP contribution is -2.03. The van der Waals surface area contributed by atoms with Crippen molar-refractivity contribution in [3.63, 3.8) is 0 Å². The number of carbonyl (C=O) groups is 1. The molecule has 0 bridgehead atoms. The maximum absolute atomic E-state index is 10.6. The number of nitrogens with zero attached hydrogens (tertiary/aromatic N) is 1. The molecule has 74 valence electrons. The van der Waals surface area contributed by atoms with Crippen molar-refractivity contribution >= 4 is 11.7 Å². The Morgan fingerprint density at radius 1 is 1.50 bits per heavy atom. The molecule has 0 fully saturated rings. The first-order valence-electron chi connectivity index (χ1n) is 3.67. The molecule has 0 aliphatic carbocycles. The summed E-state index contributed by atoms with van der Waals surface area (Å²) in [6.45, 7) is -0.349. The van der Waals surface area contributed by atoms with Gasteiger partial charge >= 0.3 is 5.97 Å². The van der Waals surface area contributed by atoms with Gasteiger partial charge < -0.3 is 10.2 Å². The highest BCUT2D eigenvalue weighted by molar-refractivity contribution is 5.92. The number of carboxylic acid groups (broad SMARTS) is 1. The average molecular weight is 197 g/mol. The van der Waals surface area contributed by atoms with Crippen molar-refractivity contribution in [1.82, 2.24) is 0 Å². The molecule has 0 unspecified atom stereocenters. The molecule has 14 heavy (non-hydrogen) atoms. The lowest BCUT2D eigenvalue weighted by molar-refractivity contribution is -0.385. The van der Waals surface area contributed by atoms with Crippen LogP contribution in [-0.4, -0.2) is 21.1 Å². The minimum Gasteiger partial charge on any atom is -0.477 e. The van der Waals surface area contributed by atoms with Crippen LogP contribution in [0.2, 0.25) is 0 Å². The first kappa shape index (κ1) is 10.1. The van der Waals surface area contributed by atoms with E-state index in [1.54, 1.807) is 0 Å². The third-order valence-corrected chi connectivity index (χ3v) is 1.67. The van der Waals surface area contributed by atoms with Crippen molar-refractivity contribution in [1.29, 1.82) is 0 Å². The first-order chi connectivity index (χ1) is 6.56. The van der Waals surface area contributed by atoms with Crippen molar-refractivity contribution in [3.8, 4) is 0 Å². The van der Waals surface area contributed by atoms with Crippen LogP contribution in [0.15, 0.2) is 18.2 Å². The van der Waals surface area contributed by atoms with Gasteiger partial charge in [0.25, 0.3) is 5.69 Å². The first-order valence-corrected chi connectivity index (χ1v) is 3.67. The van der Waals surface area contributed by atoms with Gasteiger partial charge in [-0.2, -0.15) is 0 Å². The fourth-order valence-electron chi connectivity index (χ4n) is 1.01. The molecular weight excluding hydrogens is 190 g/mol. The molecule has 0 radical (unpaired) electrons. The Morgan fingerprint density at radius 2 is 2.14 bits per heavy atom. The van der Waals surface area contributed by atoms with E-state index in [0.29, 0.717) is 5.56 Å². The highest BCUT2D eigenvalue weighted by Crippen LogP contribution is 2.19. The van der Waals surface area contributed by atoms with E-state index in [0.717, 1.165) is 12.1 Å². The van der Waals surface area contributed by atoms with Crippen molar-refractivity contribution in [3.05, 3.63) is 39.4 Å². The Balaban J connectivity index is 3.31. The number of hydrogen-bond donors (Lipinski definition) is 2. The van der Waals surface area contributed by atoms with Crippen molar-refractivity contribution in [2.45, 2.75) is 6.61 Å². The van der Waals surface area contributed by atoms with E-state index in [2.05, 4.69) is 0 Å². The van der Waals surface area contributed by atoms with Gasteiger partial charge in [0.2, 0.25) is 0 Å². The molecule has 0 aliphatic heterocycles. The molecule has 0 aromatic heterocycles. The number of nitro groups is 1. The summed E-state index contributed by atoms with van der Waals surface area (Å²) in [6, 6.07) is 3.46. The zero-order chi connectivity index (χ0) is 10.7. The second-order valence-electron chi connectivity index (χ2n) is 2.57. The van der Waals surface area contributed by atoms with Crippen LogP contribution in [-0.2, 0) is 6.61 Å². The summed E-state index contributed by atoms with van der Waals surface area (Å²) >= 11 is 0. The largest absolute Gasteiger partial charge is 0.477 e. The molecule has 0 spiro atoms. The number of rotatable bonds is 3. The molecule has 1 aromatic carbocycles. The van der Waals surface area contributed by atoms with Gasteiger partial charge in [-0.1, -0.05) is 0 Å². The van der Waals surface area contributed by atoms with Gasteiger partial charge in [-0.05, 0) is 17.7 Å². The summed E-state index contributed by atoms with van der Waals surface area (Å²) in [6.07, 6.45) is 0. The van der Waals surface area contributed by atoms with Gasteiger partial charge in [-0.3, -0.25) is 10.1 Å². The zero-order valence-corrected chi connectivity index (χ0v) is 7.01. The highest BCUT2D eigenvalue weighted by atomic mass is 16.6. The molecule has 1 aromatic rings. The smallest absolute Gasteiger partial charge is 0.342 e. The molecule has 0 heterocycles. The predicted molar refractivity (Wildman–Crippen MR) is 46.0 cm³/mol. The van der Waals surface area contributed by atoms with E-state index >= 15 is 0 Å². The van der Waals surface area contributed by atoms with Gasteiger partial charge in [0, 0.05) is 6.07 Å². The quantitative estimate of drug-likeness (QED) is 0.550. The average Bonchev–Trinajstić information content (AvgIpc) is 2.16. The van der Waals surface area contributed by atoms with Crippen molar-refractivity contribution < 1.29 is 19.9 Å². The lowest BCUT2D eigenvalue weighted by atomic mass is 10.1. The molecule has 0 aliphatic rings. The summed E-state index contributed by atoms with van der Waals surface area (Å²) in [5.74, 6) is -1.38. The fraction of sp³-hybridized carbons (Fsp3) is 0.125. The summed E-state index contributed by atoms with van der Waals surface area (Å²) in [5, 5.41) is 27.8. The Kier molecular flexibility index (Phi) is 2.78. The molecule has 6 heteroatoms. The Labute approximate surface area is 78.6 Å². The molecular formula is C8H7NO5. The standard InChI is InChI=1S/C8H7NO5/c10-4-5-1-2-7(9(13)14)6(3-5)8(11)12/h1-3,10H,4H2,(H,11,12). The number of aromatic carboxylic acids is 1. The van der Waals surface area contributed by atoms with Crippen LogP contribution < -0.4 is 0 Å². The van der Waals surface area contributed by atoms with Crippen LogP contribution in [0.4, 0.5) is 5.69 Å². The Hall–Kier alpha value is -1.95. The SMILES string of the molecule is O=C(O)c1cc(CO)ccc1[N+](=O)[O-].